The van der Waals surface area contributed by atoms with Crippen LogP contribution < -0.4 is 5.32 Å². The number of benzene rings is 2. The molecule has 0 aliphatic rings. The number of aromatic nitrogens is 1. The molecule has 132 valence electrons. The average molecular weight is 369 g/mol. The van der Waals surface area contributed by atoms with Gasteiger partial charge in [-0.05, 0) is 43.3 Å². The molecule has 3 N–H and O–H groups in total. The van der Waals surface area contributed by atoms with Crippen LogP contribution in [0.5, 0.6) is 5.88 Å². The standard InChI is InChI=1S/C17H15N5O3S/c1-9-4-3-5-10(2)14(9)19-17(26)21-20-15-12-8-11(22(24)25)6-7-13(12)18-16(15)23/h3-8,18,23H,1-2H3,(H,19,26). The highest BCUT2D eigenvalue weighted by atomic mass is 32.1. The zero-order valence-corrected chi connectivity index (χ0v) is 14.8. The Morgan fingerprint density at radius 1 is 1.27 bits per heavy atom. The number of anilines is 1. The van der Waals surface area contributed by atoms with E-state index in [1.807, 2.05) is 32.0 Å². The smallest absolute Gasteiger partial charge is 0.270 e. The predicted octanol–water partition coefficient (Wildman–Crippen LogP) is 4.88. The molecule has 0 saturated heterocycles. The molecule has 9 heteroatoms. The van der Waals surface area contributed by atoms with Crippen molar-refractivity contribution in [2.45, 2.75) is 13.8 Å². The summed E-state index contributed by atoms with van der Waals surface area (Å²) < 4.78 is 0. The molecule has 1 aromatic heterocycles. The molecule has 1 heterocycles. The van der Waals surface area contributed by atoms with Crippen molar-refractivity contribution in [2.24, 2.45) is 10.2 Å². The third kappa shape index (κ3) is 3.38. The van der Waals surface area contributed by atoms with Crippen LogP contribution in [0, 0.1) is 24.0 Å². The molecule has 0 unspecified atom stereocenters. The molecule has 0 spiro atoms. The first-order valence-corrected chi connectivity index (χ1v) is 8.05. The van der Waals surface area contributed by atoms with E-state index in [9.17, 15) is 15.2 Å². The fourth-order valence-corrected chi connectivity index (χ4v) is 2.75. The highest BCUT2D eigenvalue weighted by molar-refractivity contribution is 7.80. The largest absolute Gasteiger partial charge is 0.493 e. The van der Waals surface area contributed by atoms with Crippen LogP contribution in [0.3, 0.4) is 0 Å². The number of nitrogens with one attached hydrogen (secondary N) is 2. The lowest BCUT2D eigenvalue weighted by Crippen LogP contribution is -2.07. The number of nitro groups is 1. The third-order valence-corrected chi connectivity index (χ3v) is 4.08. The van der Waals surface area contributed by atoms with Gasteiger partial charge in [-0.2, -0.15) is 0 Å². The van der Waals surface area contributed by atoms with E-state index in [1.54, 1.807) is 0 Å². The number of H-pyrrole nitrogens is 1. The minimum atomic E-state index is -0.516. The van der Waals surface area contributed by atoms with Crippen LogP contribution in [-0.4, -0.2) is 20.1 Å². The maximum absolute atomic E-state index is 10.9. The van der Waals surface area contributed by atoms with Crippen molar-refractivity contribution in [1.29, 1.82) is 0 Å². The second kappa shape index (κ2) is 6.89. The number of aryl methyl sites for hydroxylation is 2. The maximum Gasteiger partial charge on any atom is 0.270 e. The molecule has 0 fully saturated rings. The van der Waals surface area contributed by atoms with E-state index in [0.717, 1.165) is 16.8 Å². The van der Waals surface area contributed by atoms with E-state index < -0.39 is 4.92 Å². The van der Waals surface area contributed by atoms with Gasteiger partial charge in [0.1, 0.15) is 0 Å². The number of thiocarbonyl (C=S) groups is 1. The minimum absolute atomic E-state index is 0.0920. The summed E-state index contributed by atoms with van der Waals surface area (Å²) >= 11 is 5.19. The SMILES string of the molecule is Cc1cccc(C)c1NC(=S)N=Nc1c(O)[nH]c2ccc([N+](=O)[O-])cc12. The lowest BCUT2D eigenvalue weighted by molar-refractivity contribution is -0.384. The highest BCUT2D eigenvalue weighted by Crippen LogP contribution is 2.37. The summed E-state index contributed by atoms with van der Waals surface area (Å²) in [6.07, 6.45) is 0. The summed E-state index contributed by atoms with van der Waals surface area (Å²) in [4.78, 5) is 13.1. The summed E-state index contributed by atoms with van der Waals surface area (Å²) in [7, 11) is 0. The van der Waals surface area contributed by atoms with E-state index in [0.29, 0.717) is 10.9 Å². The first-order chi connectivity index (χ1) is 12.4. The first-order valence-electron chi connectivity index (χ1n) is 7.65. The lowest BCUT2D eigenvalue weighted by atomic mass is 10.1. The van der Waals surface area contributed by atoms with Crippen molar-refractivity contribution < 1.29 is 10.0 Å². The van der Waals surface area contributed by atoms with Gasteiger partial charge in [0, 0.05) is 23.2 Å². The fourth-order valence-electron chi connectivity index (χ4n) is 2.61. The topological polar surface area (TPSA) is 116 Å². The number of aromatic hydroxyl groups is 1. The van der Waals surface area contributed by atoms with Gasteiger partial charge in [0.15, 0.2) is 5.69 Å². The maximum atomic E-state index is 10.9. The summed E-state index contributed by atoms with van der Waals surface area (Å²) in [5, 5.41) is 32.4. The Morgan fingerprint density at radius 2 is 1.96 bits per heavy atom. The molecule has 3 rings (SSSR count). The molecular formula is C17H15N5O3S. The first kappa shape index (κ1) is 17.5. The van der Waals surface area contributed by atoms with Crippen LogP contribution in [0.15, 0.2) is 46.6 Å². The molecule has 0 saturated carbocycles. The molecule has 0 aliphatic carbocycles. The van der Waals surface area contributed by atoms with E-state index in [1.165, 1.54) is 18.2 Å². The van der Waals surface area contributed by atoms with Gasteiger partial charge in [0.25, 0.3) is 5.69 Å². The van der Waals surface area contributed by atoms with Crippen molar-refractivity contribution >= 4 is 45.3 Å². The van der Waals surface area contributed by atoms with Crippen LogP contribution >= 0.6 is 12.2 Å². The summed E-state index contributed by atoms with van der Waals surface area (Å²) in [6, 6.07) is 9.99. The third-order valence-electron chi connectivity index (χ3n) is 3.90. The van der Waals surface area contributed by atoms with Gasteiger partial charge < -0.3 is 15.4 Å². The summed E-state index contributed by atoms with van der Waals surface area (Å²) in [6.45, 7) is 3.89. The Labute approximate surface area is 153 Å². The number of fused-ring (bicyclic) bond motifs is 1. The number of aromatic amines is 1. The Balaban J connectivity index is 1.90. The highest BCUT2D eigenvalue weighted by Gasteiger charge is 2.15. The van der Waals surface area contributed by atoms with Crippen LogP contribution in [0.1, 0.15) is 11.1 Å². The zero-order chi connectivity index (χ0) is 18.8. The van der Waals surface area contributed by atoms with Gasteiger partial charge in [-0.25, -0.2) is 0 Å². The van der Waals surface area contributed by atoms with E-state index in [4.69, 9.17) is 12.2 Å². The molecular weight excluding hydrogens is 354 g/mol. The van der Waals surface area contributed by atoms with Crippen LogP contribution in [-0.2, 0) is 0 Å². The number of nitrogens with zero attached hydrogens (tertiary/aromatic N) is 3. The van der Waals surface area contributed by atoms with Crippen molar-refractivity contribution in [1.82, 2.24) is 4.98 Å². The minimum Gasteiger partial charge on any atom is -0.493 e. The molecule has 0 radical (unpaired) electrons. The van der Waals surface area contributed by atoms with Gasteiger partial charge >= 0.3 is 0 Å². The van der Waals surface area contributed by atoms with Crippen molar-refractivity contribution in [3.05, 3.63) is 57.6 Å². The predicted molar refractivity (Wildman–Crippen MR) is 103 cm³/mol. The number of hydrogen-bond donors (Lipinski definition) is 3. The average Bonchev–Trinajstić information content (AvgIpc) is 2.90. The van der Waals surface area contributed by atoms with E-state index in [2.05, 4.69) is 20.5 Å². The number of hydrogen-bond acceptors (Lipinski definition) is 5. The van der Waals surface area contributed by atoms with Gasteiger partial charge in [0.2, 0.25) is 11.0 Å². The van der Waals surface area contributed by atoms with Crippen LogP contribution in [0.4, 0.5) is 17.1 Å². The normalized spacial score (nSPS) is 11.2. The Morgan fingerprint density at radius 3 is 2.62 bits per heavy atom. The summed E-state index contributed by atoms with van der Waals surface area (Å²) in [5.74, 6) is -0.237. The van der Waals surface area contributed by atoms with Crippen molar-refractivity contribution in [3.63, 3.8) is 0 Å². The van der Waals surface area contributed by atoms with Gasteiger partial charge in [-0.3, -0.25) is 10.1 Å². The van der Waals surface area contributed by atoms with E-state index in [-0.39, 0.29) is 22.4 Å². The van der Waals surface area contributed by atoms with Gasteiger partial charge in [-0.1, -0.05) is 18.2 Å². The van der Waals surface area contributed by atoms with Crippen molar-refractivity contribution in [2.75, 3.05) is 5.32 Å². The Bertz CT molecular complexity index is 1040. The molecule has 26 heavy (non-hydrogen) atoms. The number of nitro benzene ring substituents is 1. The lowest BCUT2D eigenvalue weighted by Gasteiger charge is -2.10. The summed E-state index contributed by atoms with van der Waals surface area (Å²) in [5.41, 5.74) is 3.35. The molecule has 0 atom stereocenters. The van der Waals surface area contributed by atoms with Gasteiger partial charge in [-0.15, -0.1) is 10.2 Å². The van der Waals surface area contributed by atoms with Gasteiger partial charge in [0.05, 0.1) is 10.4 Å². The van der Waals surface area contributed by atoms with E-state index >= 15 is 0 Å². The Hall–Kier alpha value is -3.33. The molecule has 0 bridgehead atoms. The quantitative estimate of drug-likeness (QED) is 0.263. The number of rotatable bonds is 3. The second-order valence-electron chi connectivity index (χ2n) is 5.71. The molecule has 8 nitrogen and oxygen atoms in total. The fraction of sp³-hybridized carbons (Fsp3) is 0.118. The second-order valence-corrected chi connectivity index (χ2v) is 6.09. The van der Waals surface area contributed by atoms with Crippen LogP contribution in [0.2, 0.25) is 0 Å². The van der Waals surface area contributed by atoms with Crippen molar-refractivity contribution in [3.8, 4) is 5.88 Å². The molecule has 2 aromatic carbocycles. The monoisotopic (exact) mass is 369 g/mol. The number of azo groups is 1. The Kier molecular flexibility index (Phi) is 4.63. The molecule has 3 aromatic rings. The number of para-hydroxylation sites is 1. The zero-order valence-electron chi connectivity index (χ0n) is 14.0. The number of non-ortho nitro benzene ring substituents is 1. The van der Waals surface area contributed by atoms with Crippen LogP contribution in [0.25, 0.3) is 10.9 Å². The molecule has 0 amide bonds. The molecule has 0 aliphatic heterocycles.